The van der Waals surface area contributed by atoms with Crippen LogP contribution in [0.5, 0.6) is 17.2 Å². The average molecular weight is 363 g/mol. The Bertz CT molecular complexity index is 820. The zero-order chi connectivity index (χ0) is 17.9. The molecule has 0 spiro atoms. The molecule has 2 aromatic rings. The van der Waals surface area contributed by atoms with Gasteiger partial charge in [0.1, 0.15) is 18.5 Å². The van der Waals surface area contributed by atoms with E-state index < -0.39 is 10.0 Å². The van der Waals surface area contributed by atoms with E-state index in [9.17, 15) is 8.42 Å². The van der Waals surface area contributed by atoms with Crippen LogP contribution in [0.3, 0.4) is 0 Å². The lowest BCUT2D eigenvalue weighted by atomic mass is 10.2. The number of ether oxygens (including phenoxy) is 3. The second-order valence-corrected chi connectivity index (χ2v) is 7.73. The molecule has 7 heteroatoms. The SMILES string of the molecule is CCOc1ccc(S(=O)(=O)N(C)C[C@@H]2COc3ccccc3O2)cc1. The predicted octanol–water partition coefficient (Wildman–Crippen LogP) is 2.55. The Balaban J connectivity index is 1.69. The normalized spacial score (nSPS) is 16.7. The maximum atomic E-state index is 12.7. The summed E-state index contributed by atoms with van der Waals surface area (Å²) in [4.78, 5) is 0.218. The minimum atomic E-state index is -3.61. The van der Waals surface area contributed by atoms with Gasteiger partial charge in [-0.15, -0.1) is 0 Å². The quantitative estimate of drug-likeness (QED) is 0.789. The summed E-state index contributed by atoms with van der Waals surface area (Å²) in [6, 6.07) is 13.8. The molecule has 2 aromatic carbocycles. The van der Waals surface area contributed by atoms with E-state index in [2.05, 4.69) is 0 Å². The third kappa shape index (κ3) is 3.88. The smallest absolute Gasteiger partial charge is 0.242 e. The summed E-state index contributed by atoms with van der Waals surface area (Å²) in [6.45, 7) is 2.92. The molecule has 0 bridgehead atoms. The number of sulfonamides is 1. The van der Waals surface area contributed by atoms with Crippen LogP contribution in [0.25, 0.3) is 0 Å². The van der Waals surface area contributed by atoms with Crippen molar-refractivity contribution in [3.63, 3.8) is 0 Å². The Morgan fingerprint density at radius 1 is 1.12 bits per heavy atom. The van der Waals surface area contributed by atoms with Gasteiger partial charge in [0, 0.05) is 7.05 Å². The van der Waals surface area contributed by atoms with Gasteiger partial charge in [-0.3, -0.25) is 0 Å². The minimum Gasteiger partial charge on any atom is -0.494 e. The van der Waals surface area contributed by atoms with E-state index in [1.807, 2.05) is 31.2 Å². The zero-order valence-electron chi connectivity index (χ0n) is 14.2. The van der Waals surface area contributed by atoms with Crippen molar-refractivity contribution in [2.24, 2.45) is 0 Å². The fourth-order valence-electron chi connectivity index (χ4n) is 2.59. The number of benzene rings is 2. The van der Waals surface area contributed by atoms with Crippen molar-refractivity contribution in [1.29, 1.82) is 0 Å². The Morgan fingerprint density at radius 3 is 2.48 bits per heavy atom. The van der Waals surface area contributed by atoms with Crippen LogP contribution in [0, 0.1) is 0 Å². The van der Waals surface area contributed by atoms with Crippen LogP contribution >= 0.6 is 0 Å². The Kier molecular flexibility index (Phi) is 5.15. The fourth-order valence-corrected chi connectivity index (χ4v) is 3.79. The molecule has 0 saturated carbocycles. The van der Waals surface area contributed by atoms with Crippen molar-refractivity contribution in [3.05, 3.63) is 48.5 Å². The third-order valence-corrected chi connectivity index (χ3v) is 5.71. The fraction of sp³-hybridized carbons (Fsp3) is 0.333. The predicted molar refractivity (Wildman–Crippen MR) is 93.8 cm³/mol. The van der Waals surface area contributed by atoms with E-state index in [0.29, 0.717) is 30.5 Å². The summed E-state index contributed by atoms with van der Waals surface area (Å²) in [6.07, 6.45) is -0.364. The maximum Gasteiger partial charge on any atom is 0.242 e. The first kappa shape index (κ1) is 17.6. The Morgan fingerprint density at radius 2 is 1.80 bits per heavy atom. The van der Waals surface area contributed by atoms with E-state index in [0.717, 1.165) is 0 Å². The van der Waals surface area contributed by atoms with Gasteiger partial charge in [-0.1, -0.05) is 12.1 Å². The summed E-state index contributed by atoms with van der Waals surface area (Å²) >= 11 is 0. The average Bonchev–Trinajstić information content (AvgIpc) is 2.62. The van der Waals surface area contributed by atoms with Crippen LogP contribution in [0.1, 0.15) is 6.92 Å². The molecule has 25 heavy (non-hydrogen) atoms. The van der Waals surface area contributed by atoms with E-state index >= 15 is 0 Å². The molecule has 1 heterocycles. The molecule has 0 aliphatic carbocycles. The topological polar surface area (TPSA) is 65.1 Å². The number of hydrogen-bond donors (Lipinski definition) is 0. The van der Waals surface area contributed by atoms with Gasteiger partial charge in [0.15, 0.2) is 11.5 Å². The van der Waals surface area contributed by atoms with Crippen LogP contribution in [-0.2, 0) is 10.0 Å². The summed E-state index contributed by atoms with van der Waals surface area (Å²) < 4.78 is 43.5. The van der Waals surface area contributed by atoms with Gasteiger partial charge in [-0.2, -0.15) is 4.31 Å². The summed E-state index contributed by atoms with van der Waals surface area (Å²) in [5.41, 5.74) is 0. The van der Waals surface area contributed by atoms with Crippen molar-refractivity contribution in [2.45, 2.75) is 17.9 Å². The van der Waals surface area contributed by atoms with Crippen molar-refractivity contribution in [1.82, 2.24) is 4.31 Å². The molecular formula is C18H21NO5S. The van der Waals surface area contributed by atoms with E-state index in [1.165, 1.54) is 11.4 Å². The number of nitrogens with zero attached hydrogens (tertiary/aromatic N) is 1. The molecule has 0 N–H and O–H groups in total. The molecule has 1 aliphatic heterocycles. The van der Waals surface area contributed by atoms with Crippen LogP contribution < -0.4 is 14.2 Å². The number of hydrogen-bond acceptors (Lipinski definition) is 5. The number of rotatable bonds is 6. The van der Waals surface area contributed by atoms with E-state index in [-0.39, 0.29) is 17.5 Å². The molecule has 0 fully saturated rings. The van der Waals surface area contributed by atoms with Crippen molar-refractivity contribution in [2.75, 3.05) is 26.8 Å². The van der Waals surface area contributed by atoms with Gasteiger partial charge in [0.05, 0.1) is 18.0 Å². The molecule has 0 unspecified atom stereocenters. The highest BCUT2D eigenvalue weighted by atomic mass is 32.2. The molecule has 1 atom stereocenters. The largest absolute Gasteiger partial charge is 0.494 e. The van der Waals surface area contributed by atoms with Gasteiger partial charge in [0.2, 0.25) is 10.0 Å². The Hall–Kier alpha value is -2.25. The lowest BCUT2D eigenvalue weighted by molar-refractivity contribution is 0.0798. The maximum absolute atomic E-state index is 12.7. The van der Waals surface area contributed by atoms with Gasteiger partial charge in [-0.25, -0.2) is 8.42 Å². The summed E-state index contributed by atoms with van der Waals surface area (Å²) in [7, 11) is -2.07. The second kappa shape index (κ2) is 7.33. The summed E-state index contributed by atoms with van der Waals surface area (Å²) in [5, 5.41) is 0. The highest BCUT2D eigenvalue weighted by molar-refractivity contribution is 7.89. The first-order valence-electron chi connectivity index (χ1n) is 8.08. The molecule has 0 radical (unpaired) electrons. The van der Waals surface area contributed by atoms with Crippen LogP contribution in [0.4, 0.5) is 0 Å². The van der Waals surface area contributed by atoms with Gasteiger partial charge in [0.25, 0.3) is 0 Å². The van der Waals surface area contributed by atoms with Crippen LogP contribution in [-0.4, -0.2) is 45.6 Å². The van der Waals surface area contributed by atoms with Crippen LogP contribution in [0.2, 0.25) is 0 Å². The van der Waals surface area contributed by atoms with Crippen LogP contribution in [0.15, 0.2) is 53.4 Å². The van der Waals surface area contributed by atoms with Crippen molar-refractivity contribution in [3.8, 4) is 17.2 Å². The van der Waals surface area contributed by atoms with Crippen molar-refractivity contribution < 1.29 is 22.6 Å². The highest BCUT2D eigenvalue weighted by Crippen LogP contribution is 2.31. The summed E-state index contributed by atoms with van der Waals surface area (Å²) in [5.74, 6) is 1.95. The van der Waals surface area contributed by atoms with Gasteiger partial charge in [-0.05, 0) is 43.3 Å². The number of likely N-dealkylation sites (N-methyl/N-ethyl adjacent to an activating group) is 1. The van der Waals surface area contributed by atoms with E-state index in [1.54, 1.807) is 24.3 Å². The molecule has 3 rings (SSSR count). The lowest BCUT2D eigenvalue weighted by Crippen LogP contribution is -2.41. The lowest BCUT2D eigenvalue weighted by Gasteiger charge is -2.29. The molecular weight excluding hydrogens is 342 g/mol. The monoisotopic (exact) mass is 363 g/mol. The minimum absolute atomic E-state index is 0.198. The third-order valence-electron chi connectivity index (χ3n) is 3.87. The Labute approximate surface area is 148 Å². The van der Waals surface area contributed by atoms with Crippen molar-refractivity contribution >= 4 is 10.0 Å². The molecule has 1 aliphatic rings. The molecule has 0 aromatic heterocycles. The van der Waals surface area contributed by atoms with Gasteiger partial charge < -0.3 is 14.2 Å². The molecule has 6 nitrogen and oxygen atoms in total. The molecule has 0 saturated heterocycles. The molecule has 134 valence electrons. The first-order chi connectivity index (χ1) is 12.0. The standard InChI is InChI=1S/C18H21NO5S/c1-3-22-14-8-10-16(11-9-14)25(20,21)19(2)12-15-13-23-17-6-4-5-7-18(17)24-15/h4-11,15H,3,12-13H2,1-2H3/t15-/m1/s1. The highest BCUT2D eigenvalue weighted by Gasteiger charge is 2.28. The zero-order valence-corrected chi connectivity index (χ0v) is 15.0. The molecule has 0 amide bonds. The first-order valence-corrected chi connectivity index (χ1v) is 9.52. The van der Waals surface area contributed by atoms with E-state index in [4.69, 9.17) is 14.2 Å². The number of para-hydroxylation sites is 2. The van der Waals surface area contributed by atoms with Gasteiger partial charge >= 0.3 is 0 Å². The second-order valence-electron chi connectivity index (χ2n) is 5.69. The number of fused-ring (bicyclic) bond motifs is 1.